The molecule has 18 atom stereocenters. The van der Waals surface area contributed by atoms with Crippen molar-refractivity contribution in [3.8, 4) is 0 Å². The number of rotatable bonds is 65. The van der Waals surface area contributed by atoms with Crippen LogP contribution >= 0.6 is 23.5 Å². The average Bonchev–Trinajstić information content (AvgIpc) is 0.819. The van der Waals surface area contributed by atoms with E-state index in [2.05, 4.69) is 36.7 Å². The SMILES string of the molecule is CC(=O)N[C@H]1[C@H](OCCOCCOCCOP(=O)(O)OCCCOCC(COCCCOP(=O)(O)OCCOCCOCCO[C@@H]2O[C@H](CO)[C@H](O)[C@H](O)[C@H]2NC(C)=O)(COCCCOP(=O)(O)OCCOCCOCCO[C@@H]2O[C@H](CO)[C@H](O)[C@H](O)[C@H]2NC(C)=O)COCCCC(C)(C)C)O[C@H](CO)[C@H](O)[C@@H]1O. The molecular weight excluding hydrogens is 1530 g/mol. The topological polar surface area (TPSA) is 584 Å². The fourth-order valence-corrected chi connectivity index (χ4v) is 12.6. The molecule has 0 radical (unpaired) electrons. The number of aliphatic hydroxyl groups is 9. The van der Waals surface area contributed by atoms with Crippen molar-refractivity contribution < 1.29 is 192 Å². The van der Waals surface area contributed by atoms with Crippen LogP contribution in [-0.4, -0.2) is 382 Å². The molecule has 0 spiro atoms. The lowest BCUT2D eigenvalue weighted by Gasteiger charge is -2.42. The van der Waals surface area contributed by atoms with Gasteiger partial charge in [-0.1, -0.05) is 20.8 Å². The Bertz CT molecular complexity index is 2320. The summed E-state index contributed by atoms with van der Waals surface area (Å²) in [4.78, 5) is 66.0. The van der Waals surface area contributed by atoms with Gasteiger partial charge in [-0.25, -0.2) is 13.7 Å². The van der Waals surface area contributed by atoms with Crippen LogP contribution in [0.4, 0.5) is 0 Å². The molecule has 3 rings (SSSR count). The minimum atomic E-state index is -4.55. The maximum absolute atomic E-state index is 12.7. The first-order valence-electron chi connectivity index (χ1n) is 36.0. The molecule has 46 heteroatoms. The van der Waals surface area contributed by atoms with Crippen LogP contribution in [0.25, 0.3) is 0 Å². The van der Waals surface area contributed by atoms with E-state index in [1.165, 1.54) is 20.8 Å². The smallest absolute Gasteiger partial charge is 0.394 e. The highest BCUT2D eigenvalue weighted by atomic mass is 31.2. The van der Waals surface area contributed by atoms with E-state index in [-0.39, 0.29) is 210 Å². The Morgan fingerprint density at radius 1 is 0.330 bits per heavy atom. The zero-order valence-electron chi connectivity index (χ0n) is 63.0. The predicted molar refractivity (Wildman–Crippen MR) is 372 cm³/mol. The average molecular weight is 1650 g/mol. The number of hydrogen-bond donors (Lipinski definition) is 15. The second-order valence-electron chi connectivity index (χ2n) is 26.4. The summed E-state index contributed by atoms with van der Waals surface area (Å²) in [5.74, 6) is -1.52. The minimum Gasteiger partial charge on any atom is -0.394 e. The van der Waals surface area contributed by atoms with Crippen molar-refractivity contribution in [3.63, 3.8) is 0 Å². The van der Waals surface area contributed by atoms with E-state index in [1.807, 2.05) is 0 Å². The van der Waals surface area contributed by atoms with Crippen LogP contribution in [-0.2, 0) is 131 Å². The summed E-state index contributed by atoms with van der Waals surface area (Å²) in [5, 5.41) is 97.8. The van der Waals surface area contributed by atoms with Crippen molar-refractivity contribution in [1.82, 2.24) is 16.0 Å². The monoisotopic (exact) mass is 1650 g/mol. The van der Waals surface area contributed by atoms with Gasteiger partial charge < -0.3 is 152 Å². The Morgan fingerprint density at radius 3 is 0.798 bits per heavy atom. The largest absolute Gasteiger partial charge is 0.472 e. The first-order chi connectivity index (χ1) is 51.8. The third kappa shape index (κ3) is 44.0. The van der Waals surface area contributed by atoms with Crippen molar-refractivity contribution in [2.75, 3.05) is 211 Å². The van der Waals surface area contributed by atoms with Gasteiger partial charge in [-0.3, -0.25) is 41.5 Å². The van der Waals surface area contributed by atoms with Gasteiger partial charge in [-0.15, -0.1) is 0 Å². The molecular formula is C63H122N3O40P3. The van der Waals surface area contributed by atoms with E-state index in [4.69, 9.17) is 103 Å². The van der Waals surface area contributed by atoms with Gasteiger partial charge >= 0.3 is 23.5 Å². The Balaban J connectivity index is 1.46. The number of phosphoric ester groups is 3. The zero-order valence-corrected chi connectivity index (χ0v) is 65.6. The van der Waals surface area contributed by atoms with Gasteiger partial charge in [0.2, 0.25) is 17.7 Å². The molecule has 3 amide bonds. The summed E-state index contributed by atoms with van der Waals surface area (Å²) >= 11 is 0. The molecule has 644 valence electrons. The number of ether oxygens (including phenoxy) is 16. The highest BCUT2D eigenvalue weighted by molar-refractivity contribution is 7.47. The molecule has 43 nitrogen and oxygen atoms in total. The molecule has 0 saturated carbocycles. The first-order valence-corrected chi connectivity index (χ1v) is 40.4. The lowest BCUT2D eigenvalue weighted by Crippen LogP contribution is -2.64. The van der Waals surface area contributed by atoms with Gasteiger partial charge in [0, 0.05) is 47.2 Å². The Hall–Kier alpha value is -2.26. The quantitative estimate of drug-likeness (QED) is 0.0207. The number of hydrogen-bond acceptors (Lipinski definition) is 37. The molecule has 3 aliphatic heterocycles. The number of phosphoric acid groups is 3. The van der Waals surface area contributed by atoms with Crippen LogP contribution in [0.1, 0.15) is 73.6 Å². The third-order valence-corrected chi connectivity index (χ3v) is 18.8. The summed E-state index contributed by atoms with van der Waals surface area (Å²) in [6, 6.07) is -3.35. The van der Waals surface area contributed by atoms with Gasteiger partial charge in [0.1, 0.15) is 73.1 Å². The minimum absolute atomic E-state index is 0.00160. The fourth-order valence-electron chi connectivity index (χ4n) is 10.4. The number of aliphatic hydroxyl groups excluding tert-OH is 9. The van der Waals surface area contributed by atoms with Crippen LogP contribution in [0.5, 0.6) is 0 Å². The molecule has 0 bridgehead atoms. The number of nitrogens with one attached hydrogen (secondary N) is 3. The number of carbonyl (C=O) groups is 3. The van der Waals surface area contributed by atoms with Gasteiger partial charge in [0.15, 0.2) is 18.9 Å². The van der Waals surface area contributed by atoms with Crippen molar-refractivity contribution in [1.29, 1.82) is 0 Å². The van der Waals surface area contributed by atoms with Gasteiger partial charge in [-0.2, -0.15) is 0 Å². The van der Waals surface area contributed by atoms with E-state index in [0.29, 0.717) is 13.0 Å². The van der Waals surface area contributed by atoms with E-state index in [0.717, 1.165) is 6.42 Å². The molecule has 3 unspecified atom stereocenters. The summed E-state index contributed by atoms with van der Waals surface area (Å²) in [7, 11) is -13.6. The highest BCUT2D eigenvalue weighted by Gasteiger charge is 2.48. The second kappa shape index (κ2) is 56.1. The Morgan fingerprint density at radius 2 is 0.560 bits per heavy atom. The molecule has 0 aliphatic carbocycles. The molecule has 0 aromatic heterocycles. The summed E-state index contributed by atoms with van der Waals surface area (Å²) in [5.41, 5.74) is -1.02. The fraction of sp³-hybridized carbons (Fsp3) is 0.952. The van der Waals surface area contributed by atoms with Gasteiger partial charge in [-0.05, 0) is 37.5 Å². The van der Waals surface area contributed by atoms with Crippen molar-refractivity contribution in [2.24, 2.45) is 10.8 Å². The molecule has 0 aromatic rings. The maximum Gasteiger partial charge on any atom is 0.472 e. The van der Waals surface area contributed by atoms with Crippen LogP contribution < -0.4 is 16.0 Å². The number of carbonyl (C=O) groups excluding carboxylic acids is 3. The lowest BCUT2D eigenvalue weighted by atomic mass is 9.90. The second-order valence-corrected chi connectivity index (χ2v) is 30.8. The Kier molecular flexibility index (Phi) is 52.0. The van der Waals surface area contributed by atoms with Crippen LogP contribution in [0, 0.1) is 10.8 Å². The van der Waals surface area contributed by atoms with Crippen LogP contribution in [0.2, 0.25) is 0 Å². The van der Waals surface area contributed by atoms with E-state index in [1.54, 1.807) is 0 Å². The lowest BCUT2D eigenvalue weighted by molar-refractivity contribution is -0.272. The van der Waals surface area contributed by atoms with Gasteiger partial charge in [0.05, 0.1) is 190 Å². The molecule has 3 fully saturated rings. The maximum atomic E-state index is 12.7. The summed E-state index contributed by atoms with van der Waals surface area (Å²) in [6.45, 7) is 6.52. The first kappa shape index (κ1) is 101. The molecule has 3 aliphatic rings. The zero-order chi connectivity index (χ0) is 80.7. The van der Waals surface area contributed by atoms with Crippen molar-refractivity contribution in [2.45, 2.75) is 166 Å². The molecule has 15 N–H and O–H groups in total. The van der Waals surface area contributed by atoms with Crippen LogP contribution in [0.3, 0.4) is 0 Å². The molecule has 3 saturated heterocycles. The van der Waals surface area contributed by atoms with Crippen molar-refractivity contribution in [3.05, 3.63) is 0 Å². The molecule has 3 heterocycles. The Labute approximate surface area is 634 Å². The summed E-state index contributed by atoms with van der Waals surface area (Å²) in [6.07, 6.45) is -14.0. The van der Waals surface area contributed by atoms with E-state index in [9.17, 15) is 88.7 Å². The van der Waals surface area contributed by atoms with E-state index < -0.39 is 158 Å². The van der Waals surface area contributed by atoms with Crippen LogP contribution in [0.15, 0.2) is 0 Å². The molecule has 0 aromatic carbocycles. The normalized spacial score (nSPS) is 27.0. The molecule has 109 heavy (non-hydrogen) atoms. The highest BCUT2D eigenvalue weighted by Crippen LogP contribution is 2.45. The third-order valence-electron chi connectivity index (χ3n) is 15.8. The number of amides is 3. The summed E-state index contributed by atoms with van der Waals surface area (Å²) < 4.78 is 159. The van der Waals surface area contributed by atoms with E-state index >= 15 is 0 Å². The van der Waals surface area contributed by atoms with Crippen molar-refractivity contribution >= 4 is 41.2 Å². The predicted octanol–water partition coefficient (Wildman–Crippen LogP) is -3.58. The van der Waals surface area contributed by atoms with Gasteiger partial charge in [0.25, 0.3) is 0 Å². The standard InChI is InChI=1S/C63H122N3O40P3/c1-44(70)64-50-56(76)53(73)47(37-67)104-59(50)95-31-25-85-19-22-88-28-34-101-107(79,80)98-16-8-13-92-41-63(40-91-12-7-11-62(4,5)6,42-93-14-9-17-99-108(81,82)102-35-29-89-23-20-86-26-32-96-60-51(65-45(2)71)57(77)54(74)48(38-68)105-60)43-94-15-10-18-100-109(83,84)103-36-30-90-24-21-87-27-33-97-61-52(66-46(3)72)58(78)55(75)49(39-69)106-61/h47-61,67-69,73-78H,7-43H2,1-6H3,(H,64,70)(H,65,71)(H,66,72)(H,79,80)(H,81,82)(H,83,84)/t47-,48-,49-,50-,51-,52-,53+,54+,55+,56-,57-,58-,59-,60-,61-/m1/s1.